The molecule has 0 aliphatic carbocycles. The van der Waals surface area contributed by atoms with Crippen molar-refractivity contribution in [3.63, 3.8) is 0 Å². The van der Waals surface area contributed by atoms with Gasteiger partial charge >= 0.3 is 0 Å². The monoisotopic (exact) mass is 272 g/mol. The average Bonchev–Trinajstić information content (AvgIpc) is 2.32. The molecule has 6 nitrogen and oxygen atoms in total. The molecule has 0 saturated carbocycles. The molecule has 0 aliphatic rings. The summed E-state index contributed by atoms with van der Waals surface area (Å²) in [5, 5.41) is 30.5. The van der Waals surface area contributed by atoms with E-state index in [2.05, 4.69) is 20.9 Å². The standard InChI is InChI=1S/C13H28N4O2/c1-10(16-18)9-14-7-6-8-15-11(2)12(17-19)13(3,4)5/h11,14-15,18-19H,6-9H2,1-5H3. The zero-order chi connectivity index (χ0) is 14.9. The minimum absolute atomic E-state index is 0.0470. The Morgan fingerprint density at radius 2 is 1.79 bits per heavy atom. The van der Waals surface area contributed by atoms with E-state index in [1.54, 1.807) is 6.92 Å². The van der Waals surface area contributed by atoms with E-state index in [4.69, 9.17) is 10.4 Å². The maximum atomic E-state index is 9.06. The van der Waals surface area contributed by atoms with Crippen LogP contribution in [0.1, 0.15) is 41.0 Å². The largest absolute Gasteiger partial charge is 0.411 e. The lowest BCUT2D eigenvalue weighted by Crippen LogP contribution is -2.41. The Hall–Kier alpha value is -1.14. The molecule has 1 unspecified atom stereocenters. The van der Waals surface area contributed by atoms with E-state index < -0.39 is 0 Å². The molecule has 0 radical (unpaired) electrons. The van der Waals surface area contributed by atoms with Crippen LogP contribution in [0.5, 0.6) is 0 Å². The first-order valence-electron chi connectivity index (χ1n) is 6.67. The molecule has 0 amide bonds. The topological polar surface area (TPSA) is 89.2 Å². The molecule has 0 saturated heterocycles. The summed E-state index contributed by atoms with van der Waals surface area (Å²) in [5.74, 6) is 0. The van der Waals surface area contributed by atoms with Crippen LogP contribution in [-0.4, -0.2) is 47.5 Å². The van der Waals surface area contributed by atoms with Gasteiger partial charge in [0.25, 0.3) is 0 Å². The molecule has 0 heterocycles. The van der Waals surface area contributed by atoms with Crippen LogP contribution >= 0.6 is 0 Å². The van der Waals surface area contributed by atoms with Crippen LogP contribution in [0.25, 0.3) is 0 Å². The highest BCUT2D eigenvalue weighted by Crippen LogP contribution is 2.18. The first-order chi connectivity index (χ1) is 8.82. The summed E-state index contributed by atoms with van der Waals surface area (Å²) in [7, 11) is 0. The highest BCUT2D eigenvalue weighted by Gasteiger charge is 2.24. The van der Waals surface area contributed by atoms with Crippen molar-refractivity contribution in [2.24, 2.45) is 15.7 Å². The molecular formula is C13H28N4O2. The van der Waals surface area contributed by atoms with Crippen LogP contribution in [0.15, 0.2) is 10.3 Å². The number of rotatable bonds is 8. The number of nitrogens with one attached hydrogen (secondary N) is 2. The van der Waals surface area contributed by atoms with Crippen molar-refractivity contribution in [3.05, 3.63) is 0 Å². The molecule has 0 aromatic heterocycles. The number of oxime groups is 2. The SMILES string of the molecule is CC(CNCCCNC(C)C(=NO)C(C)(C)C)=NO. The van der Waals surface area contributed by atoms with E-state index in [0.717, 1.165) is 25.2 Å². The maximum Gasteiger partial charge on any atom is 0.0790 e. The first-order valence-corrected chi connectivity index (χ1v) is 6.67. The molecule has 19 heavy (non-hydrogen) atoms. The van der Waals surface area contributed by atoms with Gasteiger partial charge in [-0.15, -0.1) is 0 Å². The second-order valence-corrected chi connectivity index (χ2v) is 5.78. The number of nitrogens with zero attached hydrogens (tertiary/aromatic N) is 2. The lowest BCUT2D eigenvalue weighted by molar-refractivity contribution is 0.306. The quantitative estimate of drug-likeness (QED) is 0.234. The third kappa shape index (κ3) is 7.79. The van der Waals surface area contributed by atoms with Gasteiger partial charge in [-0.2, -0.15) is 0 Å². The van der Waals surface area contributed by atoms with Gasteiger partial charge in [0.2, 0.25) is 0 Å². The fraction of sp³-hybridized carbons (Fsp3) is 0.846. The zero-order valence-corrected chi connectivity index (χ0v) is 12.7. The molecule has 0 spiro atoms. The molecule has 6 heteroatoms. The third-order valence-corrected chi connectivity index (χ3v) is 2.82. The highest BCUT2D eigenvalue weighted by atomic mass is 16.4. The Morgan fingerprint density at radius 1 is 1.16 bits per heavy atom. The van der Waals surface area contributed by atoms with E-state index in [9.17, 15) is 0 Å². The Bertz CT molecular complexity index is 308. The van der Waals surface area contributed by atoms with Crippen LogP contribution in [-0.2, 0) is 0 Å². The van der Waals surface area contributed by atoms with Crippen LogP contribution in [0, 0.1) is 5.41 Å². The van der Waals surface area contributed by atoms with Gasteiger partial charge in [-0.05, 0) is 33.4 Å². The van der Waals surface area contributed by atoms with Crippen molar-refractivity contribution in [2.75, 3.05) is 19.6 Å². The first kappa shape index (κ1) is 17.9. The van der Waals surface area contributed by atoms with E-state index >= 15 is 0 Å². The van der Waals surface area contributed by atoms with Gasteiger partial charge in [-0.1, -0.05) is 31.1 Å². The average molecular weight is 272 g/mol. The molecule has 4 N–H and O–H groups in total. The predicted octanol–water partition coefficient (Wildman–Crippen LogP) is 1.67. The fourth-order valence-corrected chi connectivity index (χ4v) is 1.82. The van der Waals surface area contributed by atoms with Crippen molar-refractivity contribution in [1.82, 2.24) is 10.6 Å². The Kier molecular flexibility index (Phi) is 8.34. The molecule has 112 valence electrons. The van der Waals surface area contributed by atoms with E-state index in [0.29, 0.717) is 12.3 Å². The normalized spacial score (nSPS) is 15.6. The van der Waals surface area contributed by atoms with Crippen LogP contribution in [0.2, 0.25) is 0 Å². The summed E-state index contributed by atoms with van der Waals surface area (Å²) in [6, 6.07) is 0.0470. The van der Waals surface area contributed by atoms with Crippen molar-refractivity contribution < 1.29 is 10.4 Å². The van der Waals surface area contributed by atoms with Crippen molar-refractivity contribution in [1.29, 1.82) is 0 Å². The highest BCUT2D eigenvalue weighted by molar-refractivity contribution is 5.93. The molecule has 0 aromatic rings. The number of hydrogen-bond donors (Lipinski definition) is 4. The summed E-state index contributed by atoms with van der Waals surface area (Å²) in [6.07, 6.45) is 0.950. The Balaban J connectivity index is 3.84. The fourth-order valence-electron chi connectivity index (χ4n) is 1.82. The van der Waals surface area contributed by atoms with Crippen LogP contribution in [0.3, 0.4) is 0 Å². The number of hydrogen-bond acceptors (Lipinski definition) is 6. The summed E-state index contributed by atoms with van der Waals surface area (Å²) >= 11 is 0. The summed E-state index contributed by atoms with van der Waals surface area (Å²) in [6.45, 7) is 12.1. The molecule has 0 aliphatic heterocycles. The molecule has 0 fully saturated rings. The smallest absolute Gasteiger partial charge is 0.0790 e. The van der Waals surface area contributed by atoms with Gasteiger partial charge in [-0.3, -0.25) is 0 Å². The van der Waals surface area contributed by atoms with Crippen LogP contribution in [0.4, 0.5) is 0 Å². The van der Waals surface area contributed by atoms with Crippen molar-refractivity contribution in [3.8, 4) is 0 Å². The van der Waals surface area contributed by atoms with Crippen molar-refractivity contribution >= 4 is 11.4 Å². The Labute approximate surface area is 116 Å². The minimum atomic E-state index is -0.145. The minimum Gasteiger partial charge on any atom is -0.411 e. The van der Waals surface area contributed by atoms with E-state index in [1.165, 1.54) is 0 Å². The van der Waals surface area contributed by atoms with Gasteiger partial charge < -0.3 is 21.0 Å². The molecular weight excluding hydrogens is 244 g/mol. The Morgan fingerprint density at radius 3 is 2.26 bits per heavy atom. The molecule has 0 rings (SSSR count). The molecule has 0 bridgehead atoms. The van der Waals surface area contributed by atoms with Gasteiger partial charge in [0.05, 0.1) is 11.4 Å². The second-order valence-electron chi connectivity index (χ2n) is 5.78. The van der Waals surface area contributed by atoms with Gasteiger partial charge in [0, 0.05) is 18.0 Å². The lowest BCUT2D eigenvalue weighted by atomic mass is 9.86. The summed E-state index contributed by atoms with van der Waals surface area (Å²) in [4.78, 5) is 0. The maximum absolute atomic E-state index is 9.06. The van der Waals surface area contributed by atoms with Crippen molar-refractivity contribution in [2.45, 2.75) is 47.1 Å². The zero-order valence-electron chi connectivity index (χ0n) is 12.7. The van der Waals surface area contributed by atoms with Crippen LogP contribution < -0.4 is 10.6 Å². The van der Waals surface area contributed by atoms with Gasteiger partial charge in [0.15, 0.2) is 0 Å². The van der Waals surface area contributed by atoms with E-state index in [-0.39, 0.29) is 11.5 Å². The lowest BCUT2D eigenvalue weighted by Gasteiger charge is -2.25. The third-order valence-electron chi connectivity index (χ3n) is 2.82. The van der Waals surface area contributed by atoms with Gasteiger partial charge in [-0.25, -0.2) is 0 Å². The summed E-state index contributed by atoms with van der Waals surface area (Å²) < 4.78 is 0. The second kappa shape index (κ2) is 8.87. The van der Waals surface area contributed by atoms with E-state index in [1.807, 2.05) is 27.7 Å². The predicted molar refractivity (Wildman–Crippen MR) is 78.5 cm³/mol. The van der Waals surface area contributed by atoms with Gasteiger partial charge in [0.1, 0.15) is 0 Å². The summed E-state index contributed by atoms with van der Waals surface area (Å²) in [5.41, 5.74) is 1.28. The molecule has 0 aromatic carbocycles. The molecule has 1 atom stereocenters.